The molecular weight excluding hydrogens is 256 g/mol. The average molecular weight is 284 g/mol. The van der Waals surface area contributed by atoms with Crippen LogP contribution in [-0.2, 0) is 19.1 Å². The monoisotopic (exact) mass is 284 g/mol. The summed E-state index contributed by atoms with van der Waals surface area (Å²) in [5.74, 6) is 0.265. The van der Waals surface area contributed by atoms with Crippen molar-refractivity contribution in [3.63, 3.8) is 0 Å². The van der Waals surface area contributed by atoms with Crippen LogP contribution in [0.15, 0.2) is 0 Å². The molecule has 1 fully saturated rings. The fourth-order valence-corrected chi connectivity index (χ4v) is 2.71. The fraction of sp³-hybridized carbons (Fsp3) is 0.875. The number of carbonyl (C=O) groups excluding carboxylic acids is 2. The van der Waals surface area contributed by atoms with Crippen LogP contribution in [0.5, 0.6) is 0 Å². The van der Waals surface area contributed by atoms with Gasteiger partial charge in [-0.2, -0.15) is 0 Å². The van der Waals surface area contributed by atoms with Crippen molar-refractivity contribution in [2.45, 2.75) is 71.1 Å². The van der Waals surface area contributed by atoms with Crippen LogP contribution in [0.2, 0.25) is 0 Å². The molecule has 0 atom stereocenters. The summed E-state index contributed by atoms with van der Waals surface area (Å²) in [6.45, 7) is 2.59. The summed E-state index contributed by atoms with van der Waals surface area (Å²) in [5.41, 5.74) is 0. The number of rotatable bonds is 9. The van der Waals surface area contributed by atoms with Gasteiger partial charge in [-0.05, 0) is 25.7 Å². The Bertz CT molecular complexity index is 282. The molecule has 0 aliphatic heterocycles. The van der Waals surface area contributed by atoms with Gasteiger partial charge in [0.05, 0.1) is 26.1 Å². The highest BCUT2D eigenvalue weighted by Crippen LogP contribution is 2.27. The summed E-state index contributed by atoms with van der Waals surface area (Å²) in [7, 11) is 0. The largest absolute Gasteiger partial charge is 0.466 e. The van der Waals surface area contributed by atoms with Crippen LogP contribution in [0.1, 0.15) is 71.1 Å². The minimum absolute atomic E-state index is 0.120. The molecule has 0 aromatic heterocycles. The van der Waals surface area contributed by atoms with Crippen LogP contribution in [0.4, 0.5) is 0 Å². The first-order valence-corrected chi connectivity index (χ1v) is 8.03. The van der Waals surface area contributed by atoms with E-state index >= 15 is 0 Å². The molecule has 0 spiro atoms. The Labute approximate surface area is 122 Å². The Hall–Kier alpha value is -1.06. The molecule has 0 amide bonds. The Morgan fingerprint density at radius 3 is 2.25 bits per heavy atom. The highest BCUT2D eigenvalue weighted by molar-refractivity contribution is 5.77. The molecule has 116 valence electrons. The Kier molecular flexibility index (Phi) is 9.09. The third-order valence-corrected chi connectivity index (χ3v) is 3.83. The zero-order chi connectivity index (χ0) is 14.6. The number of hydrogen-bond donors (Lipinski definition) is 0. The van der Waals surface area contributed by atoms with E-state index in [4.69, 9.17) is 9.47 Å². The van der Waals surface area contributed by atoms with Gasteiger partial charge >= 0.3 is 11.9 Å². The molecule has 0 N–H and O–H groups in total. The molecule has 0 unspecified atom stereocenters. The second-order valence-electron chi connectivity index (χ2n) is 5.53. The Balaban J connectivity index is 1.92. The molecule has 0 radical (unpaired) electrons. The molecule has 1 aliphatic rings. The van der Waals surface area contributed by atoms with Crippen molar-refractivity contribution in [2.24, 2.45) is 5.92 Å². The van der Waals surface area contributed by atoms with E-state index in [0.717, 1.165) is 18.8 Å². The molecule has 1 rings (SSSR count). The molecule has 1 aliphatic carbocycles. The molecule has 0 saturated heterocycles. The first-order valence-electron chi connectivity index (χ1n) is 8.03. The summed E-state index contributed by atoms with van der Waals surface area (Å²) in [6.07, 6.45) is 10.5. The van der Waals surface area contributed by atoms with E-state index in [1.54, 1.807) is 6.92 Å². The summed E-state index contributed by atoms with van der Waals surface area (Å²) in [6, 6.07) is 0. The molecule has 0 heterocycles. The minimum atomic E-state index is -0.332. The Morgan fingerprint density at radius 2 is 1.60 bits per heavy atom. The van der Waals surface area contributed by atoms with E-state index in [2.05, 4.69) is 0 Å². The standard InChI is InChI=1S/C16H28O4/c1-2-19-15(17)11-12-16(18)20-13-7-6-10-14-8-4-3-5-9-14/h14H,2-13H2,1H3. The summed E-state index contributed by atoms with van der Waals surface area (Å²) in [5, 5.41) is 0. The molecule has 0 aromatic rings. The third kappa shape index (κ3) is 8.18. The third-order valence-electron chi connectivity index (χ3n) is 3.83. The molecule has 4 heteroatoms. The van der Waals surface area contributed by atoms with Gasteiger partial charge in [-0.1, -0.05) is 38.5 Å². The smallest absolute Gasteiger partial charge is 0.306 e. The van der Waals surface area contributed by atoms with Crippen molar-refractivity contribution in [3.05, 3.63) is 0 Å². The normalized spacial score (nSPS) is 15.8. The lowest BCUT2D eigenvalue weighted by molar-refractivity contribution is -0.150. The number of ether oxygens (including phenoxy) is 2. The highest BCUT2D eigenvalue weighted by atomic mass is 16.5. The van der Waals surface area contributed by atoms with Gasteiger partial charge in [-0.25, -0.2) is 0 Å². The second kappa shape index (κ2) is 10.7. The molecule has 0 aromatic carbocycles. The molecule has 1 saturated carbocycles. The quantitative estimate of drug-likeness (QED) is 0.479. The maximum atomic E-state index is 11.4. The van der Waals surface area contributed by atoms with Gasteiger partial charge < -0.3 is 9.47 Å². The van der Waals surface area contributed by atoms with Crippen molar-refractivity contribution in [2.75, 3.05) is 13.2 Å². The number of esters is 2. The summed E-state index contributed by atoms with van der Waals surface area (Å²) in [4.78, 5) is 22.5. The van der Waals surface area contributed by atoms with Gasteiger partial charge in [-0.15, -0.1) is 0 Å². The maximum Gasteiger partial charge on any atom is 0.306 e. The van der Waals surface area contributed by atoms with Gasteiger partial charge in [0, 0.05) is 0 Å². The van der Waals surface area contributed by atoms with Crippen molar-refractivity contribution < 1.29 is 19.1 Å². The van der Waals surface area contributed by atoms with E-state index < -0.39 is 0 Å². The van der Waals surface area contributed by atoms with Gasteiger partial charge in [0.15, 0.2) is 0 Å². The van der Waals surface area contributed by atoms with E-state index in [-0.39, 0.29) is 24.8 Å². The molecule has 4 nitrogen and oxygen atoms in total. The number of unbranched alkanes of at least 4 members (excludes halogenated alkanes) is 1. The van der Waals surface area contributed by atoms with Crippen molar-refractivity contribution >= 4 is 11.9 Å². The lowest BCUT2D eigenvalue weighted by atomic mass is 9.86. The van der Waals surface area contributed by atoms with Gasteiger partial charge in [-0.3, -0.25) is 9.59 Å². The van der Waals surface area contributed by atoms with Gasteiger partial charge in [0.25, 0.3) is 0 Å². The average Bonchev–Trinajstić information content (AvgIpc) is 2.46. The maximum absolute atomic E-state index is 11.4. The first-order chi connectivity index (χ1) is 9.72. The molecular formula is C16H28O4. The van der Waals surface area contributed by atoms with Gasteiger partial charge in [0.2, 0.25) is 0 Å². The number of carbonyl (C=O) groups is 2. The van der Waals surface area contributed by atoms with Crippen LogP contribution < -0.4 is 0 Å². The second-order valence-corrected chi connectivity index (χ2v) is 5.53. The zero-order valence-electron chi connectivity index (χ0n) is 12.7. The molecule has 0 bridgehead atoms. The van der Waals surface area contributed by atoms with Crippen LogP contribution >= 0.6 is 0 Å². The Morgan fingerprint density at radius 1 is 0.950 bits per heavy atom. The van der Waals surface area contributed by atoms with E-state index in [1.165, 1.54) is 38.5 Å². The van der Waals surface area contributed by atoms with Crippen LogP contribution in [0.3, 0.4) is 0 Å². The lowest BCUT2D eigenvalue weighted by Gasteiger charge is -2.21. The van der Waals surface area contributed by atoms with Gasteiger partial charge in [0.1, 0.15) is 0 Å². The molecule has 20 heavy (non-hydrogen) atoms. The summed E-state index contributed by atoms with van der Waals surface area (Å²) < 4.78 is 9.87. The first kappa shape index (κ1) is 17.0. The zero-order valence-corrected chi connectivity index (χ0v) is 12.7. The van der Waals surface area contributed by atoms with Crippen molar-refractivity contribution in [1.82, 2.24) is 0 Å². The van der Waals surface area contributed by atoms with E-state index in [9.17, 15) is 9.59 Å². The predicted octanol–water partition coefficient (Wildman–Crippen LogP) is 3.62. The van der Waals surface area contributed by atoms with Crippen molar-refractivity contribution in [1.29, 1.82) is 0 Å². The lowest BCUT2D eigenvalue weighted by Crippen LogP contribution is -2.11. The topological polar surface area (TPSA) is 52.6 Å². The van der Waals surface area contributed by atoms with Crippen LogP contribution in [0.25, 0.3) is 0 Å². The van der Waals surface area contributed by atoms with Crippen LogP contribution in [-0.4, -0.2) is 25.2 Å². The fourth-order valence-electron chi connectivity index (χ4n) is 2.71. The SMILES string of the molecule is CCOC(=O)CCC(=O)OCCCCC1CCCCC1. The number of hydrogen-bond acceptors (Lipinski definition) is 4. The van der Waals surface area contributed by atoms with Crippen LogP contribution in [0, 0.1) is 5.92 Å². The summed E-state index contributed by atoms with van der Waals surface area (Å²) >= 11 is 0. The predicted molar refractivity (Wildman–Crippen MR) is 77.3 cm³/mol. The minimum Gasteiger partial charge on any atom is -0.466 e. The van der Waals surface area contributed by atoms with Crippen molar-refractivity contribution in [3.8, 4) is 0 Å². The van der Waals surface area contributed by atoms with E-state index in [0.29, 0.717) is 13.2 Å². The van der Waals surface area contributed by atoms with E-state index in [1.807, 2.05) is 0 Å². The highest BCUT2D eigenvalue weighted by Gasteiger charge is 2.13.